The second kappa shape index (κ2) is 6.58. The molecule has 0 bridgehead atoms. The molecule has 3 nitrogen and oxygen atoms in total. The summed E-state index contributed by atoms with van der Waals surface area (Å²) in [6, 6.07) is 4.79. The largest absolute Gasteiger partial charge is 0.481 e. The van der Waals surface area contributed by atoms with Crippen LogP contribution in [0.1, 0.15) is 24.1 Å². The van der Waals surface area contributed by atoms with Crippen LogP contribution in [0.2, 0.25) is 0 Å². The van der Waals surface area contributed by atoms with Gasteiger partial charge in [-0.05, 0) is 18.7 Å². The molecule has 0 spiro atoms. The summed E-state index contributed by atoms with van der Waals surface area (Å²) in [5.74, 6) is -3.62. The molecule has 2 rings (SSSR count). The molecular formula is C15H15F3N2O. The van der Waals surface area contributed by atoms with Crippen LogP contribution in [0.25, 0.3) is 0 Å². The third kappa shape index (κ3) is 3.00. The third-order valence-electron chi connectivity index (χ3n) is 3.09. The first kappa shape index (κ1) is 15.3. The van der Waals surface area contributed by atoms with Crippen LogP contribution in [0.5, 0.6) is 5.88 Å². The molecule has 1 aromatic carbocycles. The Morgan fingerprint density at radius 3 is 2.57 bits per heavy atom. The quantitative estimate of drug-likeness (QED) is 0.860. The Hall–Kier alpha value is -2.08. The molecule has 1 heterocycles. The lowest BCUT2D eigenvalue weighted by atomic mass is 9.98. The number of hydrogen-bond acceptors (Lipinski definition) is 3. The molecule has 0 fully saturated rings. The summed E-state index contributed by atoms with van der Waals surface area (Å²) in [4.78, 5) is 4.04. The molecule has 0 aliphatic rings. The number of methoxy groups -OCH3 is 1. The minimum atomic E-state index is -1.49. The fourth-order valence-corrected chi connectivity index (χ4v) is 2.15. The molecule has 0 saturated heterocycles. The van der Waals surface area contributed by atoms with Gasteiger partial charge in [0.25, 0.3) is 0 Å². The van der Waals surface area contributed by atoms with Gasteiger partial charge >= 0.3 is 0 Å². The van der Waals surface area contributed by atoms with Crippen LogP contribution in [0.4, 0.5) is 13.2 Å². The highest BCUT2D eigenvalue weighted by atomic mass is 19.2. The predicted octanol–water partition coefficient (Wildman–Crippen LogP) is 3.21. The van der Waals surface area contributed by atoms with E-state index in [1.165, 1.54) is 19.4 Å². The number of nitrogens with zero attached hydrogens (tertiary/aromatic N) is 1. The number of pyridine rings is 1. The van der Waals surface area contributed by atoms with Crippen molar-refractivity contribution in [1.29, 1.82) is 0 Å². The maximum atomic E-state index is 14.0. The van der Waals surface area contributed by atoms with Crippen molar-refractivity contribution < 1.29 is 17.9 Å². The lowest BCUT2D eigenvalue weighted by Crippen LogP contribution is -2.24. The Morgan fingerprint density at radius 1 is 1.14 bits per heavy atom. The van der Waals surface area contributed by atoms with E-state index in [2.05, 4.69) is 10.3 Å². The Bertz CT molecular complexity index is 634. The molecule has 0 aliphatic carbocycles. The maximum Gasteiger partial charge on any atom is 0.218 e. The molecule has 1 unspecified atom stereocenters. The average Bonchev–Trinajstić information content (AvgIpc) is 2.51. The van der Waals surface area contributed by atoms with Crippen LogP contribution in [-0.4, -0.2) is 18.6 Å². The molecule has 0 aliphatic heterocycles. The number of halogens is 3. The van der Waals surface area contributed by atoms with Crippen LogP contribution >= 0.6 is 0 Å². The monoisotopic (exact) mass is 296 g/mol. The van der Waals surface area contributed by atoms with Crippen molar-refractivity contribution in [2.24, 2.45) is 0 Å². The van der Waals surface area contributed by atoms with E-state index in [4.69, 9.17) is 4.74 Å². The standard InChI is InChI=1S/C15H15F3N2O/c1-3-19-14(10-5-4-8-20-15(10)21-2)9-6-7-11(16)13(18)12(9)17/h4-8,14,19H,3H2,1-2H3. The Balaban J connectivity index is 2.56. The number of nitrogens with one attached hydrogen (secondary N) is 1. The van der Waals surface area contributed by atoms with Crippen molar-refractivity contribution in [3.05, 3.63) is 59.0 Å². The number of rotatable bonds is 5. The minimum Gasteiger partial charge on any atom is -0.481 e. The Kier molecular flexibility index (Phi) is 4.80. The number of benzene rings is 1. The number of ether oxygens (including phenoxy) is 1. The molecular weight excluding hydrogens is 281 g/mol. The molecule has 21 heavy (non-hydrogen) atoms. The molecule has 1 aromatic heterocycles. The summed E-state index contributed by atoms with van der Waals surface area (Å²) in [5.41, 5.74) is 0.550. The van der Waals surface area contributed by atoms with Gasteiger partial charge < -0.3 is 10.1 Å². The van der Waals surface area contributed by atoms with Crippen LogP contribution in [0, 0.1) is 17.5 Å². The average molecular weight is 296 g/mol. The molecule has 0 radical (unpaired) electrons. The summed E-state index contributed by atoms with van der Waals surface area (Å²) in [6.45, 7) is 2.33. The summed E-state index contributed by atoms with van der Waals surface area (Å²) >= 11 is 0. The zero-order valence-electron chi connectivity index (χ0n) is 11.7. The molecule has 6 heteroatoms. The summed E-state index contributed by atoms with van der Waals surface area (Å²) in [7, 11) is 1.44. The van der Waals surface area contributed by atoms with Crippen LogP contribution in [0.15, 0.2) is 30.5 Å². The smallest absolute Gasteiger partial charge is 0.218 e. The van der Waals surface area contributed by atoms with Gasteiger partial charge in [-0.15, -0.1) is 0 Å². The number of hydrogen-bond donors (Lipinski definition) is 1. The topological polar surface area (TPSA) is 34.2 Å². The van der Waals surface area contributed by atoms with E-state index < -0.39 is 23.5 Å². The highest BCUT2D eigenvalue weighted by Gasteiger charge is 2.24. The lowest BCUT2D eigenvalue weighted by molar-refractivity contribution is 0.384. The fourth-order valence-electron chi connectivity index (χ4n) is 2.15. The summed E-state index contributed by atoms with van der Waals surface area (Å²) in [5, 5.41) is 3.03. The second-order valence-corrected chi connectivity index (χ2v) is 4.36. The second-order valence-electron chi connectivity index (χ2n) is 4.36. The summed E-state index contributed by atoms with van der Waals surface area (Å²) < 4.78 is 45.7. The first-order valence-corrected chi connectivity index (χ1v) is 6.45. The van der Waals surface area contributed by atoms with E-state index in [-0.39, 0.29) is 5.56 Å². The normalized spacial score (nSPS) is 12.2. The van der Waals surface area contributed by atoms with E-state index in [9.17, 15) is 13.2 Å². The van der Waals surface area contributed by atoms with E-state index in [0.717, 1.165) is 6.07 Å². The highest BCUT2D eigenvalue weighted by molar-refractivity contribution is 5.38. The molecule has 112 valence electrons. The highest BCUT2D eigenvalue weighted by Crippen LogP contribution is 2.31. The fraction of sp³-hybridized carbons (Fsp3) is 0.267. The van der Waals surface area contributed by atoms with Gasteiger partial charge in [0, 0.05) is 17.3 Å². The van der Waals surface area contributed by atoms with Crippen molar-refractivity contribution in [3.63, 3.8) is 0 Å². The Morgan fingerprint density at radius 2 is 1.90 bits per heavy atom. The number of aromatic nitrogens is 1. The van der Waals surface area contributed by atoms with Crippen LogP contribution < -0.4 is 10.1 Å². The van der Waals surface area contributed by atoms with Gasteiger partial charge in [0.1, 0.15) is 0 Å². The minimum absolute atomic E-state index is 0.00190. The van der Waals surface area contributed by atoms with Crippen molar-refractivity contribution >= 4 is 0 Å². The van der Waals surface area contributed by atoms with Gasteiger partial charge in [-0.2, -0.15) is 0 Å². The molecule has 0 amide bonds. The molecule has 2 aromatic rings. The SMILES string of the molecule is CCNC(c1cccnc1OC)c1ccc(F)c(F)c1F. The van der Waals surface area contributed by atoms with E-state index in [1.54, 1.807) is 12.1 Å². The van der Waals surface area contributed by atoms with E-state index in [0.29, 0.717) is 18.0 Å². The van der Waals surface area contributed by atoms with Gasteiger partial charge in [0.05, 0.1) is 13.2 Å². The van der Waals surface area contributed by atoms with E-state index in [1.807, 2.05) is 6.92 Å². The first-order valence-electron chi connectivity index (χ1n) is 6.45. The lowest BCUT2D eigenvalue weighted by Gasteiger charge is -2.21. The van der Waals surface area contributed by atoms with Gasteiger partial charge in [0.15, 0.2) is 17.5 Å². The van der Waals surface area contributed by atoms with Gasteiger partial charge in [-0.3, -0.25) is 0 Å². The molecule has 0 saturated carbocycles. The maximum absolute atomic E-state index is 14.0. The zero-order valence-corrected chi connectivity index (χ0v) is 11.7. The zero-order chi connectivity index (χ0) is 15.4. The predicted molar refractivity (Wildman–Crippen MR) is 72.6 cm³/mol. The molecule has 1 N–H and O–H groups in total. The first-order chi connectivity index (χ1) is 10.1. The molecule has 1 atom stereocenters. The van der Waals surface area contributed by atoms with Gasteiger partial charge in [0.2, 0.25) is 5.88 Å². The van der Waals surface area contributed by atoms with Crippen molar-refractivity contribution in [3.8, 4) is 5.88 Å². The van der Waals surface area contributed by atoms with Gasteiger partial charge in [-0.1, -0.05) is 19.1 Å². The van der Waals surface area contributed by atoms with Crippen LogP contribution in [-0.2, 0) is 0 Å². The Labute approximate surface area is 120 Å². The third-order valence-corrected chi connectivity index (χ3v) is 3.09. The van der Waals surface area contributed by atoms with Crippen molar-refractivity contribution in [2.75, 3.05) is 13.7 Å². The van der Waals surface area contributed by atoms with Gasteiger partial charge in [-0.25, -0.2) is 18.2 Å². The van der Waals surface area contributed by atoms with E-state index >= 15 is 0 Å². The summed E-state index contributed by atoms with van der Waals surface area (Å²) in [6.07, 6.45) is 1.53. The van der Waals surface area contributed by atoms with Crippen molar-refractivity contribution in [1.82, 2.24) is 10.3 Å². The van der Waals surface area contributed by atoms with Crippen LogP contribution in [0.3, 0.4) is 0 Å². The van der Waals surface area contributed by atoms with Crippen molar-refractivity contribution in [2.45, 2.75) is 13.0 Å².